The van der Waals surface area contributed by atoms with Crippen LogP contribution in [0.15, 0.2) is 36.4 Å². The SMILES string of the molecule is C/C=C/C(=O)Cc1nn(C)c2ccccc12. The van der Waals surface area contributed by atoms with Crippen LogP contribution in [0.3, 0.4) is 0 Å². The smallest absolute Gasteiger partial charge is 0.161 e. The van der Waals surface area contributed by atoms with Gasteiger partial charge in [0.25, 0.3) is 0 Å². The van der Waals surface area contributed by atoms with Crippen LogP contribution in [0.5, 0.6) is 0 Å². The Morgan fingerprint density at radius 3 is 2.94 bits per heavy atom. The number of hydrogen-bond donors (Lipinski definition) is 0. The molecule has 0 aliphatic heterocycles. The molecule has 0 N–H and O–H groups in total. The van der Waals surface area contributed by atoms with Gasteiger partial charge in [-0.25, -0.2) is 0 Å². The Balaban J connectivity index is 2.42. The lowest BCUT2D eigenvalue weighted by Gasteiger charge is -1.92. The third-order valence-electron chi connectivity index (χ3n) is 2.53. The molecule has 3 heteroatoms. The van der Waals surface area contributed by atoms with E-state index in [1.54, 1.807) is 12.2 Å². The van der Waals surface area contributed by atoms with Gasteiger partial charge in [0.15, 0.2) is 5.78 Å². The maximum Gasteiger partial charge on any atom is 0.161 e. The minimum atomic E-state index is 0.0892. The Morgan fingerprint density at radius 2 is 2.19 bits per heavy atom. The molecule has 82 valence electrons. The molecule has 0 saturated heterocycles. The highest BCUT2D eigenvalue weighted by atomic mass is 16.1. The normalized spacial score (nSPS) is 11.4. The molecule has 2 aromatic rings. The largest absolute Gasteiger partial charge is 0.294 e. The summed E-state index contributed by atoms with van der Waals surface area (Å²) < 4.78 is 1.81. The molecule has 0 saturated carbocycles. The van der Waals surface area contributed by atoms with Gasteiger partial charge in [-0.15, -0.1) is 0 Å². The monoisotopic (exact) mass is 214 g/mol. The van der Waals surface area contributed by atoms with Gasteiger partial charge >= 0.3 is 0 Å². The Labute approximate surface area is 94.4 Å². The van der Waals surface area contributed by atoms with E-state index in [0.717, 1.165) is 16.6 Å². The van der Waals surface area contributed by atoms with Crippen LogP contribution in [-0.2, 0) is 18.3 Å². The van der Waals surface area contributed by atoms with E-state index in [2.05, 4.69) is 5.10 Å². The molecule has 0 amide bonds. The van der Waals surface area contributed by atoms with Crippen LogP contribution >= 0.6 is 0 Å². The van der Waals surface area contributed by atoms with Gasteiger partial charge in [0.2, 0.25) is 0 Å². The van der Waals surface area contributed by atoms with Crippen LogP contribution in [-0.4, -0.2) is 15.6 Å². The summed E-state index contributed by atoms with van der Waals surface area (Å²) in [5.41, 5.74) is 1.91. The molecule has 0 aliphatic carbocycles. The van der Waals surface area contributed by atoms with Crippen molar-refractivity contribution in [1.82, 2.24) is 9.78 Å². The highest BCUT2D eigenvalue weighted by Crippen LogP contribution is 2.17. The second-order valence-electron chi connectivity index (χ2n) is 3.73. The summed E-state index contributed by atoms with van der Waals surface area (Å²) >= 11 is 0. The first-order valence-corrected chi connectivity index (χ1v) is 5.28. The Hall–Kier alpha value is -1.90. The molecule has 0 fully saturated rings. The Bertz CT molecular complexity index is 552. The van der Waals surface area contributed by atoms with Gasteiger partial charge < -0.3 is 0 Å². The van der Waals surface area contributed by atoms with Gasteiger partial charge in [-0.2, -0.15) is 5.10 Å². The number of benzene rings is 1. The third kappa shape index (κ3) is 1.89. The molecule has 0 spiro atoms. The number of rotatable bonds is 3. The first-order chi connectivity index (χ1) is 7.72. The van der Waals surface area contributed by atoms with E-state index in [1.807, 2.05) is 42.9 Å². The van der Waals surface area contributed by atoms with Gasteiger partial charge in [0.05, 0.1) is 17.6 Å². The molecule has 0 aliphatic rings. The van der Waals surface area contributed by atoms with Gasteiger partial charge in [0.1, 0.15) is 0 Å². The zero-order valence-corrected chi connectivity index (χ0v) is 9.47. The first-order valence-electron chi connectivity index (χ1n) is 5.28. The van der Waals surface area contributed by atoms with Crippen LogP contribution in [0.25, 0.3) is 10.9 Å². The minimum absolute atomic E-state index is 0.0892. The third-order valence-corrected chi connectivity index (χ3v) is 2.53. The van der Waals surface area contributed by atoms with Crippen molar-refractivity contribution < 1.29 is 4.79 Å². The van der Waals surface area contributed by atoms with Gasteiger partial charge in [-0.3, -0.25) is 9.48 Å². The number of para-hydroxylation sites is 1. The Morgan fingerprint density at radius 1 is 1.44 bits per heavy atom. The fourth-order valence-electron chi connectivity index (χ4n) is 1.83. The number of nitrogens with zero attached hydrogens (tertiary/aromatic N) is 2. The molecule has 2 rings (SSSR count). The van der Waals surface area contributed by atoms with Crippen molar-refractivity contribution in [2.24, 2.45) is 7.05 Å². The number of hydrogen-bond acceptors (Lipinski definition) is 2. The molecule has 0 atom stereocenters. The predicted molar refractivity (Wildman–Crippen MR) is 64.2 cm³/mol. The molecule has 1 aromatic heterocycles. The van der Waals surface area contributed by atoms with Crippen molar-refractivity contribution in [2.45, 2.75) is 13.3 Å². The van der Waals surface area contributed by atoms with E-state index in [0.29, 0.717) is 6.42 Å². The zero-order valence-electron chi connectivity index (χ0n) is 9.47. The molecule has 0 radical (unpaired) electrons. The summed E-state index contributed by atoms with van der Waals surface area (Å²) in [5, 5.41) is 5.43. The fourth-order valence-corrected chi connectivity index (χ4v) is 1.83. The van der Waals surface area contributed by atoms with E-state index in [4.69, 9.17) is 0 Å². The average molecular weight is 214 g/mol. The van der Waals surface area contributed by atoms with E-state index >= 15 is 0 Å². The van der Waals surface area contributed by atoms with Gasteiger partial charge in [-0.1, -0.05) is 24.3 Å². The van der Waals surface area contributed by atoms with Crippen LogP contribution < -0.4 is 0 Å². The average Bonchev–Trinajstić information content (AvgIpc) is 2.57. The molecule has 0 bridgehead atoms. The quantitative estimate of drug-likeness (QED) is 0.734. The lowest BCUT2D eigenvalue weighted by Crippen LogP contribution is -2.00. The summed E-state index contributed by atoms with van der Waals surface area (Å²) in [4.78, 5) is 11.5. The zero-order chi connectivity index (χ0) is 11.5. The molecule has 0 unspecified atom stereocenters. The van der Waals surface area contributed by atoms with E-state index in [9.17, 15) is 4.79 Å². The number of aryl methyl sites for hydroxylation is 1. The lowest BCUT2D eigenvalue weighted by atomic mass is 10.1. The molecule has 16 heavy (non-hydrogen) atoms. The highest BCUT2D eigenvalue weighted by Gasteiger charge is 2.09. The lowest BCUT2D eigenvalue weighted by molar-refractivity contribution is -0.114. The summed E-state index contributed by atoms with van der Waals surface area (Å²) in [6.45, 7) is 1.84. The maximum absolute atomic E-state index is 11.5. The van der Waals surface area contributed by atoms with Crippen molar-refractivity contribution in [3.8, 4) is 0 Å². The van der Waals surface area contributed by atoms with E-state index < -0.39 is 0 Å². The van der Waals surface area contributed by atoms with Crippen molar-refractivity contribution in [3.05, 3.63) is 42.1 Å². The van der Waals surface area contributed by atoms with Crippen LogP contribution in [0.4, 0.5) is 0 Å². The topological polar surface area (TPSA) is 34.9 Å². The summed E-state index contributed by atoms with van der Waals surface area (Å²) in [7, 11) is 1.89. The summed E-state index contributed by atoms with van der Waals surface area (Å²) in [5.74, 6) is 0.0892. The molecular weight excluding hydrogens is 200 g/mol. The van der Waals surface area contributed by atoms with Crippen molar-refractivity contribution in [2.75, 3.05) is 0 Å². The van der Waals surface area contributed by atoms with Gasteiger partial charge in [0, 0.05) is 12.4 Å². The number of carbonyl (C=O) groups is 1. The number of allylic oxidation sites excluding steroid dienone is 2. The van der Waals surface area contributed by atoms with Crippen LogP contribution in [0.1, 0.15) is 12.6 Å². The first kappa shape index (κ1) is 10.6. The van der Waals surface area contributed by atoms with Crippen LogP contribution in [0.2, 0.25) is 0 Å². The van der Waals surface area contributed by atoms with Gasteiger partial charge in [-0.05, 0) is 19.1 Å². The van der Waals surface area contributed by atoms with E-state index in [1.165, 1.54) is 0 Å². The van der Waals surface area contributed by atoms with Crippen molar-refractivity contribution in [1.29, 1.82) is 0 Å². The maximum atomic E-state index is 11.5. The van der Waals surface area contributed by atoms with Crippen molar-refractivity contribution >= 4 is 16.7 Å². The number of aromatic nitrogens is 2. The standard InChI is InChI=1S/C13H14N2O/c1-3-6-10(16)9-12-11-7-4-5-8-13(11)15(2)14-12/h3-8H,9H2,1-2H3/b6-3+. The molecule has 1 heterocycles. The van der Waals surface area contributed by atoms with E-state index in [-0.39, 0.29) is 5.78 Å². The number of carbonyl (C=O) groups excluding carboxylic acids is 1. The fraction of sp³-hybridized carbons (Fsp3) is 0.231. The summed E-state index contributed by atoms with van der Waals surface area (Å²) in [6, 6.07) is 7.95. The molecular formula is C13H14N2O. The molecule has 1 aromatic carbocycles. The van der Waals surface area contributed by atoms with Crippen molar-refractivity contribution in [3.63, 3.8) is 0 Å². The highest BCUT2D eigenvalue weighted by molar-refractivity contribution is 5.94. The Kier molecular flexibility index (Phi) is 2.86. The summed E-state index contributed by atoms with van der Waals surface area (Å²) in [6.07, 6.45) is 3.71. The number of ketones is 1. The molecule has 3 nitrogen and oxygen atoms in total. The number of fused-ring (bicyclic) bond motifs is 1. The van der Waals surface area contributed by atoms with Crippen LogP contribution in [0, 0.1) is 0 Å². The minimum Gasteiger partial charge on any atom is -0.294 e. The predicted octanol–water partition coefficient (Wildman–Crippen LogP) is 2.26. The second-order valence-corrected chi connectivity index (χ2v) is 3.73. The second kappa shape index (κ2) is 4.31.